The molecule has 0 heterocycles. The van der Waals surface area contributed by atoms with Gasteiger partial charge in [0.25, 0.3) is 0 Å². The summed E-state index contributed by atoms with van der Waals surface area (Å²) in [4.78, 5) is 12.1. The SMILES string of the molecule is CC1=CCC2(CC2)C(=O)C12CC2. The van der Waals surface area contributed by atoms with E-state index in [2.05, 4.69) is 13.0 Å². The van der Waals surface area contributed by atoms with Crippen molar-refractivity contribution in [1.29, 1.82) is 0 Å². The molecule has 2 fully saturated rings. The fraction of sp³-hybridized carbons (Fsp3) is 0.727. The molecule has 2 saturated carbocycles. The summed E-state index contributed by atoms with van der Waals surface area (Å²) < 4.78 is 0. The van der Waals surface area contributed by atoms with Crippen LogP contribution in [-0.2, 0) is 4.79 Å². The number of rotatable bonds is 0. The van der Waals surface area contributed by atoms with Gasteiger partial charge in [-0.3, -0.25) is 4.79 Å². The predicted molar refractivity (Wildman–Crippen MR) is 46.7 cm³/mol. The highest BCUT2D eigenvalue weighted by atomic mass is 16.1. The standard InChI is InChI=1S/C11H14O/c1-8-2-3-10(4-5-10)9(12)11(8)6-7-11/h2H,3-7H2,1H3. The van der Waals surface area contributed by atoms with E-state index in [0.29, 0.717) is 5.78 Å². The Morgan fingerprint density at radius 3 is 2.42 bits per heavy atom. The number of allylic oxidation sites excluding steroid dienone is 2. The van der Waals surface area contributed by atoms with E-state index in [9.17, 15) is 4.79 Å². The third-order valence-electron chi connectivity index (χ3n) is 4.07. The largest absolute Gasteiger partial charge is 0.298 e. The molecule has 0 aromatic carbocycles. The van der Waals surface area contributed by atoms with Crippen LogP contribution >= 0.6 is 0 Å². The zero-order valence-electron chi connectivity index (χ0n) is 7.52. The van der Waals surface area contributed by atoms with Crippen molar-refractivity contribution in [3.8, 4) is 0 Å². The molecule has 3 aliphatic rings. The van der Waals surface area contributed by atoms with E-state index in [1.54, 1.807) is 0 Å². The third-order valence-corrected chi connectivity index (χ3v) is 4.07. The lowest BCUT2D eigenvalue weighted by Crippen LogP contribution is -2.30. The average molecular weight is 162 g/mol. The van der Waals surface area contributed by atoms with Crippen molar-refractivity contribution in [1.82, 2.24) is 0 Å². The third kappa shape index (κ3) is 0.596. The fourth-order valence-electron chi connectivity index (χ4n) is 2.65. The molecule has 0 radical (unpaired) electrons. The number of hydrogen-bond acceptors (Lipinski definition) is 1. The second-order valence-electron chi connectivity index (χ2n) is 4.78. The molecule has 1 nitrogen and oxygen atoms in total. The van der Waals surface area contributed by atoms with E-state index in [1.165, 1.54) is 5.57 Å². The van der Waals surface area contributed by atoms with Crippen molar-refractivity contribution >= 4 is 5.78 Å². The van der Waals surface area contributed by atoms with Gasteiger partial charge in [0, 0.05) is 5.41 Å². The Kier molecular flexibility index (Phi) is 0.964. The van der Waals surface area contributed by atoms with Gasteiger partial charge in [0.05, 0.1) is 5.41 Å². The Labute approximate surface area is 72.8 Å². The fourth-order valence-corrected chi connectivity index (χ4v) is 2.65. The van der Waals surface area contributed by atoms with Gasteiger partial charge in [0.1, 0.15) is 5.78 Å². The first-order valence-corrected chi connectivity index (χ1v) is 4.92. The summed E-state index contributed by atoms with van der Waals surface area (Å²) in [7, 11) is 0. The maximum Gasteiger partial charge on any atom is 0.149 e. The quantitative estimate of drug-likeness (QED) is 0.500. The second kappa shape index (κ2) is 1.68. The van der Waals surface area contributed by atoms with Gasteiger partial charge in [0.15, 0.2) is 0 Å². The molecule has 0 unspecified atom stereocenters. The summed E-state index contributed by atoms with van der Waals surface area (Å²) in [5.41, 5.74) is 1.58. The monoisotopic (exact) mass is 162 g/mol. The minimum absolute atomic E-state index is 0.0642. The van der Waals surface area contributed by atoms with Crippen LogP contribution < -0.4 is 0 Å². The number of Topliss-reactive ketones (excluding diaryl/α,β-unsaturated/α-hetero) is 1. The first-order chi connectivity index (χ1) is 5.70. The molecule has 0 aliphatic heterocycles. The summed E-state index contributed by atoms with van der Waals surface area (Å²) in [5, 5.41) is 0. The number of ketones is 1. The van der Waals surface area contributed by atoms with Gasteiger partial charge in [0.2, 0.25) is 0 Å². The van der Waals surface area contributed by atoms with Gasteiger partial charge in [-0.25, -0.2) is 0 Å². The molecule has 0 bridgehead atoms. The molecule has 0 aromatic rings. The predicted octanol–water partition coefficient (Wildman–Crippen LogP) is 2.47. The molecule has 2 spiro atoms. The summed E-state index contributed by atoms with van der Waals surface area (Å²) in [5.74, 6) is 0.593. The number of carbonyl (C=O) groups excluding carboxylic acids is 1. The van der Waals surface area contributed by atoms with Gasteiger partial charge < -0.3 is 0 Å². The maximum absolute atomic E-state index is 12.1. The molecule has 3 rings (SSSR count). The molecule has 1 heteroatoms. The molecule has 64 valence electrons. The van der Waals surface area contributed by atoms with Crippen LogP contribution in [0, 0.1) is 10.8 Å². The van der Waals surface area contributed by atoms with E-state index >= 15 is 0 Å². The highest BCUT2D eigenvalue weighted by Gasteiger charge is 2.63. The molecule has 0 amide bonds. The average Bonchev–Trinajstić information content (AvgIpc) is 2.94. The Hall–Kier alpha value is -0.590. The van der Waals surface area contributed by atoms with E-state index in [1.807, 2.05) is 0 Å². The zero-order chi connectivity index (χ0) is 8.40. The van der Waals surface area contributed by atoms with Gasteiger partial charge in [-0.05, 0) is 39.0 Å². The smallest absolute Gasteiger partial charge is 0.149 e. The first-order valence-electron chi connectivity index (χ1n) is 4.92. The summed E-state index contributed by atoms with van der Waals surface area (Å²) >= 11 is 0. The van der Waals surface area contributed by atoms with E-state index in [-0.39, 0.29) is 10.8 Å². The Morgan fingerprint density at radius 1 is 1.25 bits per heavy atom. The summed E-state index contributed by atoms with van der Waals surface area (Å²) in [6.45, 7) is 2.14. The molecular weight excluding hydrogens is 148 g/mol. The van der Waals surface area contributed by atoms with Crippen LogP contribution in [-0.4, -0.2) is 5.78 Å². The Bertz CT molecular complexity index is 290. The normalized spacial score (nSPS) is 33.8. The van der Waals surface area contributed by atoms with Crippen molar-refractivity contribution in [2.24, 2.45) is 10.8 Å². The van der Waals surface area contributed by atoms with Gasteiger partial charge in [-0.1, -0.05) is 11.6 Å². The first kappa shape index (κ1) is 6.88. The summed E-state index contributed by atoms with van der Waals surface area (Å²) in [6, 6.07) is 0. The van der Waals surface area contributed by atoms with E-state index < -0.39 is 0 Å². The lowest BCUT2D eigenvalue weighted by Gasteiger charge is -2.26. The van der Waals surface area contributed by atoms with Crippen molar-refractivity contribution in [2.75, 3.05) is 0 Å². The Morgan fingerprint density at radius 2 is 1.92 bits per heavy atom. The maximum atomic E-state index is 12.1. The molecule has 12 heavy (non-hydrogen) atoms. The highest BCUT2D eigenvalue weighted by molar-refractivity contribution is 5.98. The number of hydrogen-bond donors (Lipinski definition) is 0. The molecular formula is C11H14O. The van der Waals surface area contributed by atoms with Crippen molar-refractivity contribution < 1.29 is 4.79 Å². The van der Waals surface area contributed by atoms with Crippen LogP contribution in [0.1, 0.15) is 39.0 Å². The lowest BCUT2D eigenvalue weighted by molar-refractivity contribution is -0.128. The molecule has 0 aromatic heterocycles. The number of carbonyl (C=O) groups is 1. The molecule has 3 aliphatic carbocycles. The zero-order valence-corrected chi connectivity index (χ0v) is 7.52. The Balaban J connectivity index is 2.07. The molecule has 0 saturated heterocycles. The minimum atomic E-state index is 0.0642. The minimum Gasteiger partial charge on any atom is -0.298 e. The molecule has 0 N–H and O–H groups in total. The second-order valence-corrected chi connectivity index (χ2v) is 4.78. The van der Waals surface area contributed by atoms with Crippen LogP contribution in [0.5, 0.6) is 0 Å². The highest BCUT2D eigenvalue weighted by Crippen LogP contribution is 2.65. The van der Waals surface area contributed by atoms with Crippen molar-refractivity contribution in [2.45, 2.75) is 39.0 Å². The van der Waals surface area contributed by atoms with Crippen LogP contribution in [0.2, 0.25) is 0 Å². The van der Waals surface area contributed by atoms with Crippen LogP contribution in [0.25, 0.3) is 0 Å². The van der Waals surface area contributed by atoms with Crippen LogP contribution in [0.4, 0.5) is 0 Å². The van der Waals surface area contributed by atoms with E-state index in [0.717, 1.165) is 32.1 Å². The van der Waals surface area contributed by atoms with Crippen molar-refractivity contribution in [3.05, 3.63) is 11.6 Å². The van der Waals surface area contributed by atoms with Gasteiger partial charge in [-0.15, -0.1) is 0 Å². The summed E-state index contributed by atoms with van der Waals surface area (Å²) in [6.07, 6.45) is 7.96. The van der Waals surface area contributed by atoms with Crippen LogP contribution in [0.3, 0.4) is 0 Å². The van der Waals surface area contributed by atoms with E-state index in [4.69, 9.17) is 0 Å². The van der Waals surface area contributed by atoms with Gasteiger partial charge in [-0.2, -0.15) is 0 Å². The topological polar surface area (TPSA) is 17.1 Å². The van der Waals surface area contributed by atoms with Gasteiger partial charge >= 0.3 is 0 Å². The van der Waals surface area contributed by atoms with Crippen molar-refractivity contribution in [3.63, 3.8) is 0 Å². The molecule has 0 atom stereocenters. The van der Waals surface area contributed by atoms with Crippen LogP contribution in [0.15, 0.2) is 11.6 Å². The lowest BCUT2D eigenvalue weighted by atomic mass is 9.76.